The number of rotatable bonds is 3. The number of carbonyl (C=O) groups excluding carboxylic acids is 2. The Morgan fingerprint density at radius 3 is 2.59 bits per heavy atom. The van der Waals surface area contributed by atoms with E-state index in [1.54, 1.807) is 58.4 Å². The zero-order chi connectivity index (χ0) is 19.0. The van der Waals surface area contributed by atoms with Crippen LogP contribution in [0.4, 0.5) is 11.4 Å². The van der Waals surface area contributed by atoms with Gasteiger partial charge in [-0.15, -0.1) is 0 Å². The van der Waals surface area contributed by atoms with Crippen molar-refractivity contribution in [3.63, 3.8) is 0 Å². The topological polar surface area (TPSA) is 80.1 Å². The van der Waals surface area contributed by atoms with Crippen LogP contribution in [0.3, 0.4) is 0 Å². The summed E-state index contributed by atoms with van der Waals surface area (Å²) in [5, 5.41) is 7.61. The lowest BCUT2D eigenvalue weighted by Gasteiger charge is -2.32. The number of hydrogen-bond donors (Lipinski definition) is 1. The largest absolute Gasteiger partial charge is 0.320 e. The zero-order valence-corrected chi connectivity index (χ0v) is 16.7. The van der Waals surface area contributed by atoms with Crippen LogP contribution in [0.15, 0.2) is 55.0 Å². The number of benzene rings is 1. The second-order valence-corrected chi connectivity index (χ2v) is 6.72. The Labute approximate surface area is 181 Å². The molecule has 1 aromatic carbocycles. The van der Waals surface area contributed by atoms with Crippen LogP contribution >= 0.6 is 25.1 Å². The zero-order valence-electron chi connectivity index (χ0n) is 15.0. The molecule has 2 aromatic heterocycles. The van der Waals surface area contributed by atoms with Crippen molar-refractivity contribution in [2.24, 2.45) is 0 Å². The maximum Gasteiger partial charge on any atom is 0.277 e. The van der Waals surface area contributed by atoms with Crippen molar-refractivity contribution in [2.45, 2.75) is 20.4 Å². The SMILES string of the molecule is C.C[C@H]1CN(c2ccc(Cl)cc2)C(=O)c2c(C(=O)Nc3cccnc3)cnn21.S. The van der Waals surface area contributed by atoms with Gasteiger partial charge >= 0.3 is 0 Å². The predicted molar refractivity (Wildman–Crippen MR) is 119 cm³/mol. The summed E-state index contributed by atoms with van der Waals surface area (Å²) in [7, 11) is 0. The second kappa shape index (κ2) is 9.11. The van der Waals surface area contributed by atoms with Crippen LogP contribution in [0.1, 0.15) is 41.2 Å². The molecule has 152 valence electrons. The van der Waals surface area contributed by atoms with Gasteiger partial charge in [0.15, 0.2) is 0 Å². The van der Waals surface area contributed by atoms with Gasteiger partial charge in [0.25, 0.3) is 11.8 Å². The summed E-state index contributed by atoms with van der Waals surface area (Å²) in [6.07, 6.45) is 4.59. The molecule has 0 spiro atoms. The molecule has 0 aliphatic carbocycles. The van der Waals surface area contributed by atoms with Crippen molar-refractivity contribution in [2.75, 3.05) is 16.8 Å². The highest BCUT2D eigenvalue weighted by Gasteiger charge is 2.35. The minimum atomic E-state index is -0.400. The summed E-state index contributed by atoms with van der Waals surface area (Å²) in [6.45, 7) is 2.41. The van der Waals surface area contributed by atoms with Gasteiger partial charge in [0.1, 0.15) is 5.69 Å². The van der Waals surface area contributed by atoms with Crippen LogP contribution < -0.4 is 10.2 Å². The minimum absolute atomic E-state index is 0. The average molecular weight is 432 g/mol. The minimum Gasteiger partial charge on any atom is -0.320 e. The second-order valence-electron chi connectivity index (χ2n) is 6.29. The molecular weight excluding hydrogens is 410 g/mol. The Morgan fingerprint density at radius 2 is 1.93 bits per heavy atom. The maximum atomic E-state index is 13.1. The van der Waals surface area contributed by atoms with Crippen LogP contribution in [-0.4, -0.2) is 33.1 Å². The quantitative estimate of drug-likeness (QED) is 0.675. The molecule has 1 aliphatic heterocycles. The number of hydrogen-bond acceptors (Lipinski definition) is 4. The Balaban J connectivity index is 0.00000150. The third-order valence-electron chi connectivity index (χ3n) is 4.41. The number of nitrogens with one attached hydrogen (secondary N) is 1. The van der Waals surface area contributed by atoms with Gasteiger partial charge in [-0.05, 0) is 43.3 Å². The van der Waals surface area contributed by atoms with E-state index in [2.05, 4.69) is 15.4 Å². The first-order valence-corrected chi connectivity index (χ1v) is 8.78. The summed E-state index contributed by atoms with van der Waals surface area (Å²) >= 11 is 5.95. The van der Waals surface area contributed by atoms with E-state index < -0.39 is 5.91 Å². The normalized spacial score (nSPS) is 15.0. The summed E-state index contributed by atoms with van der Waals surface area (Å²) in [5.41, 5.74) is 1.77. The van der Waals surface area contributed by atoms with Gasteiger partial charge in [-0.3, -0.25) is 19.3 Å². The molecule has 0 radical (unpaired) electrons. The van der Waals surface area contributed by atoms with E-state index in [4.69, 9.17) is 11.6 Å². The standard InChI is InChI=1S/C19H16ClN5O2.CH4.H2S/c1-12-11-24(15-6-4-13(20)5-7-15)19(27)17-16(10-22-25(12)17)18(26)23-14-3-2-8-21-9-14;;/h2-10,12H,11H2,1H3,(H,23,26);1H4;1H2/t12-;;/m0../s1. The molecule has 29 heavy (non-hydrogen) atoms. The van der Waals surface area contributed by atoms with Crippen molar-refractivity contribution in [1.29, 1.82) is 0 Å². The molecule has 1 aliphatic rings. The smallest absolute Gasteiger partial charge is 0.277 e. The maximum absolute atomic E-state index is 13.1. The average Bonchev–Trinajstić information content (AvgIpc) is 3.12. The Hall–Kier alpha value is -2.84. The first-order chi connectivity index (χ1) is 13.0. The van der Waals surface area contributed by atoms with E-state index in [0.29, 0.717) is 17.3 Å². The summed E-state index contributed by atoms with van der Waals surface area (Å²) < 4.78 is 1.60. The lowest BCUT2D eigenvalue weighted by molar-refractivity contribution is 0.0939. The molecular formula is C20H22ClN5O2S. The van der Waals surface area contributed by atoms with Gasteiger partial charge in [-0.2, -0.15) is 18.6 Å². The summed E-state index contributed by atoms with van der Waals surface area (Å²) in [5.74, 6) is -0.674. The highest BCUT2D eigenvalue weighted by molar-refractivity contribution is 7.59. The van der Waals surface area contributed by atoms with Crippen molar-refractivity contribution in [1.82, 2.24) is 14.8 Å². The number of pyridine rings is 1. The van der Waals surface area contributed by atoms with Gasteiger partial charge in [-0.25, -0.2) is 0 Å². The fourth-order valence-electron chi connectivity index (χ4n) is 3.11. The molecule has 1 atom stereocenters. The van der Waals surface area contributed by atoms with Gasteiger partial charge in [0.05, 0.1) is 29.7 Å². The fourth-order valence-corrected chi connectivity index (χ4v) is 3.23. The molecule has 4 rings (SSSR count). The van der Waals surface area contributed by atoms with Crippen LogP contribution in [0.25, 0.3) is 0 Å². The van der Waals surface area contributed by atoms with Crippen molar-refractivity contribution in [3.8, 4) is 0 Å². The molecule has 3 heterocycles. The number of anilines is 2. The van der Waals surface area contributed by atoms with Crippen molar-refractivity contribution in [3.05, 3.63) is 71.3 Å². The van der Waals surface area contributed by atoms with Crippen LogP contribution in [0, 0.1) is 0 Å². The molecule has 2 amide bonds. The third kappa shape index (κ3) is 4.28. The van der Waals surface area contributed by atoms with Crippen LogP contribution in [0.5, 0.6) is 0 Å². The van der Waals surface area contributed by atoms with Crippen molar-refractivity contribution >= 4 is 48.3 Å². The monoisotopic (exact) mass is 431 g/mol. The molecule has 0 saturated heterocycles. The van der Waals surface area contributed by atoms with E-state index in [0.717, 1.165) is 5.69 Å². The third-order valence-corrected chi connectivity index (χ3v) is 4.66. The molecule has 1 N–H and O–H groups in total. The fraction of sp³-hybridized carbons (Fsp3) is 0.200. The molecule has 9 heteroatoms. The van der Waals surface area contributed by atoms with E-state index in [9.17, 15) is 9.59 Å². The Bertz CT molecular complexity index is 1010. The predicted octanol–water partition coefficient (Wildman–Crippen LogP) is 4.15. The number of amides is 2. The van der Waals surface area contributed by atoms with Gasteiger partial charge in [0.2, 0.25) is 0 Å². The Kier molecular flexibility index (Phi) is 7.05. The first kappa shape index (κ1) is 22.4. The van der Waals surface area contributed by atoms with Gasteiger partial charge in [-0.1, -0.05) is 19.0 Å². The van der Waals surface area contributed by atoms with Crippen LogP contribution in [-0.2, 0) is 0 Å². The van der Waals surface area contributed by atoms with Gasteiger partial charge < -0.3 is 10.2 Å². The Morgan fingerprint density at radius 1 is 1.21 bits per heavy atom. The molecule has 0 unspecified atom stereocenters. The first-order valence-electron chi connectivity index (χ1n) is 8.41. The van der Waals surface area contributed by atoms with Gasteiger partial charge in [0, 0.05) is 23.5 Å². The lowest BCUT2D eigenvalue weighted by atomic mass is 10.1. The van der Waals surface area contributed by atoms with Crippen LogP contribution in [0.2, 0.25) is 5.02 Å². The number of halogens is 1. The van der Waals surface area contributed by atoms with E-state index in [1.165, 1.54) is 6.20 Å². The number of carbonyl (C=O) groups is 2. The highest BCUT2D eigenvalue weighted by atomic mass is 35.5. The summed E-state index contributed by atoms with van der Waals surface area (Å²) in [4.78, 5) is 31.4. The van der Waals surface area contributed by atoms with Crippen molar-refractivity contribution < 1.29 is 9.59 Å². The molecule has 0 bridgehead atoms. The molecule has 0 saturated carbocycles. The van der Waals surface area contributed by atoms with E-state index in [-0.39, 0.29) is 44.1 Å². The van der Waals surface area contributed by atoms with E-state index >= 15 is 0 Å². The number of nitrogens with zero attached hydrogens (tertiary/aromatic N) is 4. The van der Waals surface area contributed by atoms with E-state index in [1.807, 2.05) is 6.92 Å². The molecule has 0 fully saturated rings. The number of fused-ring (bicyclic) bond motifs is 1. The summed E-state index contributed by atoms with van der Waals surface area (Å²) in [6, 6.07) is 10.4. The molecule has 7 nitrogen and oxygen atoms in total. The molecule has 3 aromatic rings. The lowest BCUT2D eigenvalue weighted by Crippen LogP contribution is -2.43. The highest BCUT2D eigenvalue weighted by Crippen LogP contribution is 2.29. The number of aromatic nitrogens is 3.